The van der Waals surface area contributed by atoms with Gasteiger partial charge in [-0.3, -0.25) is 0 Å². The molecule has 0 radical (unpaired) electrons. The van der Waals surface area contributed by atoms with Crippen LogP contribution in [-0.2, 0) is 4.74 Å². The van der Waals surface area contributed by atoms with Gasteiger partial charge in [-0.1, -0.05) is 11.2 Å². The van der Waals surface area contributed by atoms with Gasteiger partial charge in [-0.25, -0.2) is 0 Å². The Kier molecular flexibility index (Phi) is 2.73. The standard InChI is InChI=1S/C8H13N5O/c1-2-3-13-10-8(9-11-13)12-4-6-14-7-5-12/h2-3H,4-7H2,1H3/b3-2+. The Morgan fingerprint density at radius 1 is 1.36 bits per heavy atom. The number of tetrazole rings is 1. The van der Waals surface area contributed by atoms with E-state index in [1.165, 1.54) is 4.80 Å². The van der Waals surface area contributed by atoms with Crippen LogP contribution in [0.5, 0.6) is 0 Å². The lowest BCUT2D eigenvalue weighted by atomic mass is 10.4. The second-order valence-electron chi connectivity index (χ2n) is 2.99. The highest BCUT2D eigenvalue weighted by Gasteiger charge is 2.15. The average Bonchev–Trinajstić information content (AvgIpc) is 2.68. The molecular weight excluding hydrogens is 182 g/mol. The molecule has 0 N–H and O–H groups in total. The SMILES string of the molecule is C/C=C/n1nnc(N2CCOCC2)n1. The van der Waals surface area contributed by atoms with E-state index in [0.717, 1.165) is 26.3 Å². The number of anilines is 1. The van der Waals surface area contributed by atoms with E-state index in [2.05, 4.69) is 20.3 Å². The summed E-state index contributed by atoms with van der Waals surface area (Å²) in [6, 6.07) is 0. The molecule has 6 nitrogen and oxygen atoms in total. The summed E-state index contributed by atoms with van der Waals surface area (Å²) in [5, 5.41) is 12.0. The van der Waals surface area contributed by atoms with Gasteiger partial charge in [-0.15, -0.1) is 9.90 Å². The summed E-state index contributed by atoms with van der Waals surface area (Å²) >= 11 is 0. The molecule has 0 aromatic carbocycles. The minimum Gasteiger partial charge on any atom is -0.378 e. The van der Waals surface area contributed by atoms with Crippen LogP contribution in [0.2, 0.25) is 0 Å². The number of aromatic nitrogens is 4. The molecule has 0 saturated carbocycles. The molecule has 1 saturated heterocycles. The van der Waals surface area contributed by atoms with Crippen molar-refractivity contribution < 1.29 is 4.74 Å². The van der Waals surface area contributed by atoms with Crippen molar-refractivity contribution in [1.82, 2.24) is 20.2 Å². The summed E-state index contributed by atoms with van der Waals surface area (Å²) in [5.74, 6) is 0.673. The minimum atomic E-state index is 0.673. The van der Waals surface area contributed by atoms with Gasteiger partial charge in [0, 0.05) is 19.3 Å². The first-order chi connectivity index (χ1) is 6.90. The fraction of sp³-hybridized carbons (Fsp3) is 0.625. The van der Waals surface area contributed by atoms with Crippen LogP contribution in [0, 0.1) is 0 Å². The summed E-state index contributed by atoms with van der Waals surface area (Å²) in [6.07, 6.45) is 3.63. The van der Waals surface area contributed by atoms with Crippen LogP contribution in [0.25, 0.3) is 6.20 Å². The Morgan fingerprint density at radius 3 is 2.86 bits per heavy atom. The molecule has 0 amide bonds. The first-order valence-corrected chi connectivity index (χ1v) is 4.65. The smallest absolute Gasteiger partial charge is 0.266 e. The number of allylic oxidation sites excluding steroid dienone is 1. The van der Waals surface area contributed by atoms with Crippen LogP contribution < -0.4 is 4.90 Å². The minimum absolute atomic E-state index is 0.673. The largest absolute Gasteiger partial charge is 0.378 e. The fourth-order valence-electron chi connectivity index (χ4n) is 1.30. The second kappa shape index (κ2) is 4.19. The van der Waals surface area contributed by atoms with Crippen molar-refractivity contribution >= 4 is 12.1 Å². The monoisotopic (exact) mass is 195 g/mol. The van der Waals surface area contributed by atoms with Gasteiger partial charge in [0.25, 0.3) is 5.95 Å². The van der Waals surface area contributed by atoms with Gasteiger partial charge in [0.1, 0.15) is 0 Å². The van der Waals surface area contributed by atoms with E-state index in [1.54, 1.807) is 6.20 Å². The molecule has 1 aliphatic rings. The van der Waals surface area contributed by atoms with Crippen LogP contribution in [0.3, 0.4) is 0 Å². The maximum atomic E-state index is 5.24. The predicted molar refractivity (Wildman–Crippen MR) is 51.9 cm³/mol. The third kappa shape index (κ3) is 1.90. The number of rotatable bonds is 2. The summed E-state index contributed by atoms with van der Waals surface area (Å²) in [4.78, 5) is 3.53. The zero-order chi connectivity index (χ0) is 9.80. The van der Waals surface area contributed by atoms with Crippen molar-refractivity contribution in [3.63, 3.8) is 0 Å². The lowest BCUT2D eigenvalue weighted by Gasteiger charge is -2.24. The van der Waals surface area contributed by atoms with Crippen molar-refractivity contribution in [2.24, 2.45) is 0 Å². The van der Waals surface area contributed by atoms with Crippen molar-refractivity contribution in [3.05, 3.63) is 6.08 Å². The van der Waals surface area contributed by atoms with E-state index in [1.807, 2.05) is 13.0 Å². The van der Waals surface area contributed by atoms with E-state index in [9.17, 15) is 0 Å². The molecule has 1 aromatic rings. The van der Waals surface area contributed by atoms with E-state index in [-0.39, 0.29) is 0 Å². The van der Waals surface area contributed by atoms with Crippen molar-refractivity contribution in [2.75, 3.05) is 31.2 Å². The van der Waals surface area contributed by atoms with Gasteiger partial charge in [0.05, 0.1) is 13.2 Å². The molecule has 14 heavy (non-hydrogen) atoms. The molecule has 1 aliphatic heterocycles. The highest BCUT2D eigenvalue weighted by atomic mass is 16.5. The van der Waals surface area contributed by atoms with Crippen LogP contribution in [0.15, 0.2) is 6.08 Å². The van der Waals surface area contributed by atoms with Crippen molar-refractivity contribution in [1.29, 1.82) is 0 Å². The maximum absolute atomic E-state index is 5.24. The van der Waals surface area contributed by atoms with Crippen LogP contribution in [-0.4, -0.2) is 46.5 Å². The molecule has 0 bridgehead atoms. The summed E-state index contributed by atoms with van der Waals surface area (Å²) in [6.45, 7) is 5.05. The molecule has 2 heterocycles. The number of morpholine rings is 1. The first-order valence-electron chi connectivity index (χ1n) is 4.65. The van der Waals surface area contributed by atoms with Gasteiger partial charge >= 0.3 is 0 Å². The second-order valence-corrected chi connectivity index (χ2v) is 2.99. The number of ether oxygens (including phenoxy) is 1. The zero-order valence-corrected chi connectivity index (χ0v) is 8.13. The molecule has 0 spiro atoms. The Hall–Kier alpha value is -1.43. The van der Waals surface area contributed by atoms with Gasteiger partial charge in [-0.05, 0) is 12.1 Å². The van der Waals surface area contributed by atoms with Crippen LogP contribution >= 0.6 is 0 Å². The zero-order valence-electron chi connectivity index (χ0n) is 8.13. The number of nitrogens with zero attached hydrogens (tertiary/aromatic N) is 5. The summed E-state index contributed by atoms with van der Waals surface area (Å²) in [7, 11) is 0. The Bertz CT molecular complexity index is 315. The third-order valence-corrected chi connectivity index (χ3v) is 1.99. The predicted octanol–water partition coefficient (Wildman–Crippen LogP) is 0.000300. The molecule has 1 aromatic heterocycles. The highest BCUT2D eigenvalue weighted by molar-refractivity contribution is 5.28. The van der Waals surface area contributed by atoms with Gasteiger partial charge in [-0.2, -0.15) is 0 Å². The van der Waals surface area contributed by atoms with Gasteiger partial charge < -0.3 is 9.64 Å². The molecule has 6 heteroatoms. The normalized spacial score (nSPS) is 17.9. The number of hydrogen-bond acceptors (Lipinski definition) is 5. The highest BCUT2D eigenvalue weighted by Crippen LogP contribution is 2.06. The first kappa shape index (κ1) is 9.14. The Labute approximate surface area is 82.1 Å². The Morgan fingerprint density at radius 2 is 2.14 bits per heavy atom. The van der Waals surface area contributed by atoms with Crippen LogP contribution in [0.1, 0.15) is 6.92 Å². The lowest BCUT2D eigenvalue weighted by molar-refractivity contribution is 0.122. The molecule has 0 unspecified atom stereocenters. The molecule has 0 atom stereocenters. The lowest BCUT2D eigenvalue weighted by Crippen LogP contribution is -2.37. The van der Waals surface area contributed by atoms with E-state index >= 15 is 0 Å². The topological polar surface area (TPSA) is 56.1 Å². The maximum Gasteiger partial charge on any atom is 0.266 e. The molecule has 0 aliphatic carbocycles. The third-order valence-electron chi connectivity index (χ3n) is 1.99. The van der Waals surface area contributed by atoms with Gasteiger partial charge in [0.15, 0.2) is 0 Å². The van der Waals surface area contributed by atoms with Gasteiger partial charge in [0.2, 0.25) is 0 Å². The van der Waals surface area contributed by atoms with Crippen LogP contribution in [0.4, 0.5) is 5.95 Å². The van der Waals surface area contributed by atoms with E-state index in [4.69, 9.17) is 4.74 Å². The molecule has 1 fully saturated rings. The Balaban J connectivity index is 2.07. The van der Waals surface area contributed by atoms with Crippen molar-refractivity contribution in [3.8, 4) is 0 Å². The molecule has 76 valence electrons. The van der Waals surface area contributed by atoms with E-state index in [0.29, 0.717) is 5.95 Å². The summed E-state index contributed by atoms with van der Waals surface area (Å²) < 4.78 is 5.24. The average molecular weight is 195 g/mol. The molecule has 2 rings (SSSR count). The molecular formula is C8H13N5O. The van der Waals surface area contributed by atoms with Crippen molar-refractivity contribution in [2.45, 2.75) is 6.92 Å². The summed E-state index contributed by atoms with van der Waals surface area (Å²) in [5.41, 5.74) is 0. The van der Waals surface area contributed by atoms with E-state index < -0.39 is 0 Å². The number of hydrogen-bond donors (Lipinski definition) is 0. The quantitative estimate of drug-likeness (QED) is 0.665. The fourth-order valence-corrected chi connectivity index (χ4v) is 1.30.